The lowest BCUT2D eigenvalue weighted by molar-refractivity contribution is 0.176. The maximum Gasteiger partial charge on any atom is 0.412 e. The molecule has 6 heteroatoms. The van der Waals surface area contributed by atoms with E-state index in [0.717, 1.165) is 36.6 Å². The summed E-state index contributed by atoms with van der Waals surface area (Å²) in [5.41, 5.74) is 4.19. The van der Waals surface area contributed by atoms with Crippen LogP contribution in [-0.2, 0) is 17.7 Å². The van der Waals surface area contributed by atoms with E-state index in [2.05, 4.69) is 32.0 Å². The molecular formula is C17H18N4O2. The lowest BCUT2D eigenvalue weighted by atomic mass is 10.1. The second kappa shape index (κ2) is 6.88. The summed E-state index contributed by atoms with van der Waals surface area (Å²) in [5, 5.41) is 2.73. The van der Waals surface area contributed by atoms with Crippen molar-refractivity contribution in [3.63, 3.8) is 0 Å². The number of carbonyl (C=O) groups excluding carboxylic acids is 1. The second-order valence-corrected chi connectivity index (χ2v) is 5.22. The van der Waals surface area contributed by atoms with Gasteiger partial charge >= 0.3 is 6.09 Å². The molecule has 2 heterocycles. The van der Waals surface area contributed by atoms with Crippen LogP contribution in [0.15, 0.2) is 30.7 Å². The standard InChI is InChI=1S/C17H18N4O2/c1-2-3-8-23-17(22)20-14-5-4-13-6-7-21(16(13)9-14)11-15-10-18-12-19-15/h4-5,9-10,12H,6-8,11H2,1H3,(H,18,19)(H,20,22). The second-order valence-electron chi connectivity index (χ2n) is 5.22. The molecule has 3 rings (SSSR count). The third-order valence-electron chi connectivity index (χ3n) is 3.69. The number of aromatic amines is 1. The number of imidazole rings is 1. The van der Waals surface area contributed by atoms with E-state index in [-0.39, 0.29) is 6.61 Å². The SMILES string of the molecule is CC#CCOC(=O)Nc1ccc2c(c1)N(Cc1cnc[nH]1)CC2. The molecule has 1 aromatic carbocycles. The summed E-state index contributed by atoms with van der Waals surface area (Å²) in [5.74, 6) is 5.37. The van der Waals surface area contributed by atoms with Gasteiger partial charge in [-0.3, -0.25) is 5.32 Å². The number of rotatable bonds is 4. The smallest absolute Gasteiger partial charge is 0.412 e. The van der Waals surface area contributed by atoms with Crippen molar-refractivity contribution in [2.45, 2.75) is 19.9 Å². The predicted octanol–water partition coefficient (Wildman–Crippen LogP) is 2.54. The van der Waals surface area contributed by atoms with Crippen LogP contribution in [0.5, 0.6) is 0 Å². The van der Waals surface area contributed by atoms with Gasteiger partial charge in [-0.25, -0.2) is 9.78 Å². The summed E-state index contributed by atoms with van der Waals surface area (Å²) in [6.07, 6.45) is 4.01. The van der Waals surface area contributed by atoms with Crippen molar-refractivity contribution in [1.82, 2.24) is 9.97 Å². The van der Waals surface area contributed by atoms with Crippen molar-refractivity contribution in [3.8, 4) is 11.8 Å². The van der Waals surface area contributed by atoms with Gasteiger partial charge in [-0.1, -0.05) is 12.0 Å². The van der Waals surface area contributed by atoms with Crippen LogP contribution in [0, 0.1) is 11.8 Å². The molecule has 2 aromatic rings. The Kier molecular flexibility index (Phi) is 4.48. The van der Waals surface area contributed by atoms with Crippen molar-refractivity contribution >= 4 is 17.5 Å². The van der Waals surface area contributed by atoms with Crippen LogP contribution in [0.2, 0.25) is 0 Å². The van der Waals surface area contributed by atoms with Gasteiger partial charge < -0.3 is 14.6 Å². The first-order chi connectivity index (χ1) is 11.3. The van der Waals surface area contributed by atoms with Crippen molar-refractivity contribution in [2.75, 3.05) is 23.4 Å². The van der Waals surface area contributed by atoms with Gasteiger partial charge in [-0.15, -0.1) is 5.92 Å². The normalized spacial score (nSPS) is 12.3. The van der Waals surface area contributed by atoms with Crippen molar-refractivity contribution in [3.05, 3.63) is 42.0 Å². The Bertz CT molecular complexity index is 744. The molecule has 2 N–H and O–H groups in total. The van der Waals surface area contributed by atoms with Gasteiger partial charge in [0, 0.05) is 24.1 Å². The third kappa shape index (κ3) is 3.64. The number of hydrogen-bond donors (Lipinski definition) is 2. The van der Waals surface area contributed by atoms with Crippen LogP contribution in [0.25, 0.3) is 0 Å². The number of nitrogens with zero attached hydrogens (tertiary/aromatic N) is 2. The molecule has 6 nitrogen and oxygen atoms in total. The molecule has 0 aliphatic carbocycles. The summed E-state index contributed by atoms with van der Waals surface area (Å²) >= 11 is 0. The molecule has 0 unspecified atom stereocenters. The van der Waals surface area contributed by atoms with E-state index in [9.17, 15) is 4.79 Å². The highest BCUT2D eigenvalue weighted by Crippen LogP contribution is 2.31. The minimum Gasteiger partial charge on any atom is -0.436 e. The highest BCUT2D eigenvalue weighted by atomic mass is 16.5. The fraction of sp³-hybridized carbons (Fsp3) is 0.294. The van der Waals surface area contributed by atoms with Crippen LogP contribution >= 0.6 is 0 Å². The van der Waals surface area contributed by atoms with E-state index in [1.165, 1.54) is 5.56 Å². The van der Waals surface area contributed by atoms with Gasteiger partial charge in [0.25, 0.3) is 0 Å². The molecule has 1 amide bonds. The highest BCUT2D eigenvalue weighted by molar-refractivity contribution is 5.86. The number of H-pyrrole nitrogens is 1. The topological polar surface area (TPSA) is 70.2 Å². The molecule has 118 valence electrons. The number of benzene rings is 1. The number of aromatic nitrogens is 2. The van der Waals surface area contributed by atoms with E-state index in [1.807, 2.05) is 24.4 Å². The van der Waals surface area contributed by atoms with E-state index in [0.29, 0.717) is 0 Å². The van der Waals surface area contributed by atoms with Gasteiger partial charge in [0.2, 0.25) is 0 Å². The number of fused-ring (bicyclic) bond motifs is 1. The van der Waals surface area contributed by atoms with Gasteiger partial charge in [0.1, 0.15) is 0 Å². The van der Waals surface area contributed by atoms with Crippen molar-refractivity contribution in [2.24, 2.45) is 0 Å². The van der Waals surface area contributed by atoms with Crippen molar-refractivity contribution < 1.29 is 9.53 Å². The fourth-order valence-electron chi connectivity index (χ4n) is 2.59. The number of amides is 1. The van der Waals surface area contributed by atoms with Gasteiger partial charge in [-0.05, 0) is 31.0 Å². The average Bonchev–Trinajstić information content (AvgIpc) is 3.18. The molecule has 1 aromatic heterocycles. The Morgan fingerprint density at radius 3 is 3.22 bits per heavy atom. The minimum absolute atomic E-state index is 0.0965. The average molecular weight is 310 g/mol. The quantitative estimate of drug-likeness (QED) is 0.852. The summed E-state index contributed by atoms with van der Waals surface area (Å²) in [4.78, 5) is 21.1. The summed E-state index contributed by atoms with van der Waals surface area (Å²) in [7, 11) is 0. The molecule has 0 saturated heterocycles. The van der Waals surface area contributed by atoms with E-state index >= 15 is 0 Å². The summed E-state index contributed by atoms with van der Waals surface area (Å²) < 4.78 is 4.97. The third-order valence-corrected chi connectivity index (χ3v) is 3.69. The Morgan fingerprint density at radius 2 is 2.43 bits per heavy atom. The monoisotopic (exact) mass is 310 g/mol. The fourth-order valence-corrected chi connectivity index (χ4v) is 2.59. The zero-order valence-corrected chi connectivity index (χ0v) is 12.9. The molecule has 0 atom stereocenters. The van der Waals surface area contributed by atoms with Crippen LogP contribution in [0.4, 0.5) is 16.2 Å². The molecule has 23 heavy (non-hydrogen) atoms. The van der Waals surface area contributed by atoms with E-state index in [1.54, 1.807) is 13.3 Å². The first kappa shape index (κ1) is 15.0. The summed E-state index contributed by atoms with van der Waals surface area (Å²) in [6, 6.07) is 5.92. The van der Waals surface area contributed by atoms with Crippen LogP contribution in [0.1, 0.15) is 18.2 Å². The lowest BCUT2D eigenvalue weighted by Crippen LogP contribution is -2.20. The number of hydrogen-bond acceptors (Lipinski definition) is 4. The van der Waals surface area contributed by atoms with Crippen LogP contribution in [-0.4, -0.2) is 29.2 Å². The molecule has 0 radical (unpaired) electrons. The highest BCUT2D eigenvalue weighted by Gasteiger charge is 2.20. The predicted molar refractivity (Wildman–Crippen MR) is 88.2 cm³/mol. The maximum atomic E-state index is 11.7. The zero-order chi connectivity index (χ0) is 16.1. The van der Waals surface area contributed by atoms with Gasteiger partial charge in [0.05, 0.1) is 18.6 Å². The lowest BCUT2D eigenvalue weighted by Gasteiger charge is -2.19. The number of carbonyl (C=O) groups is 1. The zero-order valence-electron chi connectivity index (χ0n) is 12.9. The molecule has 0 saturated carbocycles. The molecule has 0 fully saturated rings. The minimum atomic E-state index is -0.495. The number of ether oxygens (including phenoxy) is 1. The van der Waals surface area contributed by atoms with Crippen LogP contribution < -0.4 is 10.2 Å². The van der Waals surface area contributed by atoms with Crippen LogP contribution in [0.3, 0.4) is 0 Å². The Labute approximate surface area is 134 Å². The molecule has 1 aliphatic heterocycles. The Balaban J connectivity index is 1.68. The number of anilines is 2. The first-order valence-corrected chi connectivity index (χ1v) is 7.45. The Morgan fingerprint density at radius 1 is 1.52 bits per heavy atom. The van der Waals surface area contributed by atoms with Gasteiger partial charge in [0.15, 0.2) is 6.61 Å². The molecular weight excluding hydrogens is 292 g/mol. The van der Waals surface area contributed by atoms with Gasteiger partial charge in [-0.2, -0.15) is 0 Å². The van der Waals surface area contributed by atoms with E-state index < -0.39 is 6.09 Å². The first-order valence-electron chi connectivity index (χ1n) is 7.45. The largest absolute Gasteiger partial charge is 0.436 e. The van der Waals surface area contributed by atoms with Crippen molar-refractivity contribution in [1.29, 1.82) is 0 Å². The molecule has 0 bridgehead atoms. The maximum absolute atomic E-state index is 11.7. The number of nitrogens with one attached hydrogen (secondary N) is 2. The Hall–Kier alpha value is -2.94. The molecule has 1 aliphatic rings. The summed E-state index contributed by atoms with van der Waals surface area (Å²) in [6.45, 7) is 3.52. The van der Waals surface area contributed by atoms with E-state index in [4.69, 9.17) is 4.74 Å². The molecule has 0 spiro atoms.